The number of hydrogen-bond acceptors (Lipinski definition) is 2. The summed E-state index contributed by atoms with van der Waals surface area (Å²) in [6.07, 6.45) is 5.28. The SMILES string of the molecule is CCC1CCN1C1CCOCC1. The number of hydrogen-bond donors (Lipinski definition) is 0. The second kappa shape index (κ2) is 3.75. The minimum absolute atomic E-state index is 0.845. The third kappa shape index (κ3) is 1.50. The topological polar surface area (TPSA) is 12.5 Å². The summed E-state index contributed by atoms with van der Waals surface area (Å²) in [5, 5.41) is 0. The van der Waals surface area contributed by atoms with Crippen molar-refractivity contribution in [1.82, 2.24) is 4.90 Å². The number of ether oxygens (including phenoxy) is 1. The van der Waals surface area contributed by atoms with Crippen LogP contribution in [0.1, 0.15) is 32.6 Å². The van der Waals surface area contributed by atoms with Gasteiger partial charge in [0.15, 0.2) is 0 Å². The molecule has 70 valence electrons. The van der Waals surface area contributed by atoms with Crippen LogP contribution in [0.3, 0.4) is 0 Å². The maximum atomic E-state index is 5.36. The van der Waals surface area contributed by atoms with Crippen molar-refractivity contribution in [3.63, 3.8) is 0 Å². The Labute approximate surface area is 74.9 Å². The van der Waals surface area contributed by atoms with E-state index in [4.69, 9.17) is 4.74 Å². The van der Waals surface area contributed by atoms with E-state index in [1.165, 1.54) is 32.2 Å². The third-order valence-electron chi connectivity index (χ3n) is 3.32. The van der Waals surface area contributed by atoms with Crippen molar-refractivity contribution >= 4 is 0 Å². The van der Waals surface area contributed by atoms with Crippen molar-refractivity contribution in [3.05, 3.63) is 0 Å². The van der Waals surface area contributed by atoms with E-state index in [2.05, 4.69) is 11.8 Å². The van der Waals surface area contributed by atoms with Crippen LogP contribution in [0.4, 0.5) is 0 Å². The van der Waals surface area contributed by atoms with E-state index in [0.717, 1.165) is 25.3 Å². The fourth-order valence-electron chi connectivity index (χ4n) is 2.40. The van der Waals surface area contributed by atoms with E-state index < -0.39 is 0 Å². The Morgan fingerprint density at radius 3 is 2.50 bits per heavy atom. The summed E-state index contributed by atoms with van der Waals surface area (Å²) < 4.78 is 5.36. The van der Waals surface area contributed by atoms with Gasteiger partial charge in [0.2, 0.25) is 0 Å². The highest BCUT2D eigenvalue weighted by atomic mass is 16.5. The standard InChI is InChI=1S/C10H19NO/c1-2-9-3-6-11(9)10-4-7-12-8-5-10/h9-10H,2-8H2,1H3. The zero-order chi connectivity index (χ0) is 8.39. The smallest absolute Gasteiger partial charge is 0.0480 e. The van der Waals surface area contributed by atoms with Crippen LogP contribution in [0.2, 0.25) is 0 Å². The molecule has 2 fully saturated rings. The van der Waals surface area contributed by atoms with Gasteiger partial charge < -0.3 is 4.74 Å². The first-order valence-corrected chi connectivity index (χ1v) is 5.25. The molecule has 0 saturated carbocycles. The van der Waals surface area contributed by atoms with Crippen molar-refractivity contribution in [2.75, 3.05) is 19.8 Å². The molecule has 0 bridgehead atoms. The molecule has 1 unspecified atom stereocenters. The van der Waals surface area contributed by atoms with Crippen LogP contribution in [0.5, 0.6) is 0 Å². The van der Waals surface area contributed by atoms with Crippen LogP contribution >= 0.6 is 0 Å². The van der Waals surface area contributed by atoms with E-state index in [9.17, 15) is 0 Å². The molecule has 12 heavy (non-hydrogen) atoms. The highest BCUT2D eigenvalue weighted by molar-refractivity contribution is 4.88. The van der Waals surface area contributed by atoms with Crippen LogP contribution in [0.25, 0.3) is 0 Å². The Morgan fingerprint density at radius 2 is 2.00 bits per heavy atom. The van der Waals surface area contributed by atoms with Crippen molar-refractivity contribution in [3.8, 4) is 0 Å². The van der Waals surface area contributed by atoms with Gasteiger partial charge in [-0.15, -0.1) is 0 Å². The highest BCUT2D eigenvalue weighted by Crippen LogP contribution is 2.27. The summed E-state index contributed by atoms with van der Waals surface area (Å²) in [7, 11) is 0. The van der Waals surface area contributed by atoms with Gasteiger partial charge in [-0.25, -0.2) is 0 Å². The average Bonchev–Trinajstić information content (AvgIpc) is 2.05. The minimum Gasteiger partial charge on any atom is -0.381 e. The van der Waals surface area contributed by atoms with Gasteiger partial charge in [-0.05, 0) is 25.7 Å². The molecule has 0 aliphatic carbocycles. The molecule has 1 atom stereocenters. The maximum Gasteiger partial charge on any atom is 0.0480 e. The lowest BCUT2D eigenvalue weighted by molar-refractivity contribution is -0.0241. The molecule has 0 aromatic rings. The summed E-state index contributed by atoms with van der Waals surface area (Å²) in [5.74, 6) is 0. The highest BCUT2D eigenvalue weighted by Gasteiger charge is 2.32. The largest absolute Gasteiger partial charge is 0.381 e. The number of likely N-dealkylation sites (tertiary alicyclic amines) is 1. The summed E-state index contributed by atoms with van der Waals surface area (Å²) in [5.41, 5.74) is 0. The molecule has 0 amide bonds. The summed E-state index contributed by atoms with van der Waals surface area (Å²) >= 11 is 0. The zero-order valence-corrected chi connectivity index (χ0v) is 7.96. The lowest BCUT2D eigenvalue weighted by Gasteiger charge is -2.47. The molecular weight excluding hydrogens is 150 g/mol. The predicted molar refractivity (Wildman–Crippen MR) is 49.2 cm³/mol. The average molecular weight is 169 g/mol. The molecule has 2 nitrogen and oxygen atoms in total. The molecule has 2 heterocycles. The molecular formula is C10H19NO. The zero-order valence-electron chi connectivity index (χ0n) is 7.96. The third-order valence-corrected chi connectivity index (χ3v) is 3.32. The molecule has 0 spiro atoms. The molecule has 0 aromatic carbocycles. The number of nitrogens with zero attached hydrogens (tertiary/aromatic N) is 1. The van der Waals surface area contributed by atoms with Gasteiger partial charge in [0.05, 0.1) is 0 Å². The van der Waals surface area contributed by atoms with Crippen molar-refractivity contribution < 1.29 is 4.74 Å². The van der Waals surface area contributed by atoms with Crippen LogP contribution < -0.4 is 0 Å². The van der Waals surface area contributed by atoms with E-state index in [1.54, 1.807) is 0 Å². The lowest BCUT2D eigenvalue weighted by Crippen LogP contribution is -2.54. The first kappa shape index (κ1) is 8.52. The first-order valence-electron chi connectivity index (χ1n) is 5.25. The fraction of sp³-hybridized carbons (Fsp3) is 1.00. The maximum absolute atomic E-state index is 5.36. The number of rotatable bonds is 2. The Hall–Kier alpha value is -0.0800. The molecule has 0 N–H and O–H groups in total. The van der Waals surface area contributed by atoms with Crippen molar-refractivity contribution in [2.45, 2.75) is 44.7 Å². The van der Waals surface area contributed by atoms with Gasteiger partial charge >= 0.3 is 0 Å². The molecule has 2 heteroatoms. The molecule has 0 radical (unpaired) electrons. The van der Waals surface area contributed by atoms with Gasteiger partial charge in [-0.1, -0.05) is 6.92 Å². The van der Waals surface area contributed by atoms with Crippen LogP contribution in [-0.2, 0) is 4.74 Å². The second-order valence-corrected chi connectivity index (χ2v) is 3.93. The Balaban J connectivity index is 1.82. The summed E-state index contributed by atoms with van der Waals surface area (Å²) in [6.45, 7) is 5.61. The molecule has 2 saturated heterocycles. The van der Waals surface area contributed by atoms with E-state index >= 15 is 0 Å². The van der Waals surface area contributed by atoms with Crippen LogP contribution in [0.15, 0.2) is 0 Å². The van der Waals surface area contributed by atoms with Gasteiger partial charge in [-0.3, -0.25) is 4.90 Å². The first-order chi connectivity index (χ1) is 5.92. The van der Waals surface area contributed by atoms with E-state index in [-0.39, 0.29) is 0 Å². The summed E-state index contributed by atoms with van der Waals surface area (Å²) in [4.78, 5) is 2.68. The molecule has 0 aromatic heterocycles. The van der Waals surface area contributed by atoms with Crippen molar-refractivity contribution in [2.24, 2.45) is 0 Å². The molecule has 2 aliphatic rings. The Bertz CT molecular complexity index is 141. The fourth-order valence-corrected chi connectivity index (χ4v) is 2.40. The predicted octanol–water partition coefficient (Wildman–Crippen LogP) is 1.65. The molecule has 2 aliphatic heterocycles. The van der Waals surface area contributed by atoms with Gasteiger partial charge in [0.25, 0.3) is 0 Å². The summed E-state index contributed by atoms with van der Waals surface area (Å²) in [6, 6.07) is 1.74. The quantitative estimate of drug-likeness (QED) is 0.623. The van der Waals surface area contributed by atoms with Gasteiger partial charge in [0.1, 0.15) is 0 Å². The Morgan fingerprint density at radius 1 is 1.25 bits per heavy atom. The van der Waals surface area contributed by atoms with Gasteiger partial charge in [0, 0.05) is 31.8 Å². The van der Waals surface area contributed by atoms with E-state index in [0.29, 0.717) is 0 Å². The normalized spacial score (nSPS) is 33.2. The monoisotopic (exact) mass is 169 g/mol. The lowest BCUT2D eigenvalue weighted by atomic mass is 9.94. The van der Waals surface area contributed by atoms with Gasteiger partial charge in [-0.2, -0.15) is 0 Å². The van der Waals surface area contributed by atoms with Crippen molar-refractivity contribution in [1.29, 1.82) is 0 Å². The Kier molecular flexibility index (Phi) is 2.66. The van der Waals surface area contributed by atoms with E-state index in [1.807, 2.05) is 0 Å². The van der Waals surface area contributed by atoms with Crippen LogP contribution in [0, 0.1) is 0 Å². The van der Waals surface area contributed by atoms with Crippen LogP contribution in [-0.4, -0.2) is 36.7 Å². The minimum atomic E-state index is 0.845. The second-order valence-electron chi connectivity index (χ2n) is 3.93. The molecule has 2 rings (SSSR count).